The first-order valence-corrected chi connectivity index (χ1v) is 9.16. The van der Waals surface area contributed by atoms with Crippen molar-refractivity contribution in [2.45, 2.75) is 13.5 Å². The maximum atomic E-state index is 12.5. The molecular weight excluding hydrogens is 352 g/mol. The van der Waals surface area contributed by atoms with E-state index < -0.39 is 0 Å². The third kappa shape index (κ3) is 3.60. The van der Waals surface area contributed by atoms with Crippen LogP contribution in [0.25, 0.3) is 16.6 Å². The maximum Gasteiger partial charge on any atom is 0.355 e. The van der Waals surface area contributed by atoms with Crippen LogP contribution in [0.2, 0.25) is 0 Å². The smallest absolute Gasteiger partial charge is 0.355 e. The lowest BCUT2D eigenvalue weighted by Crippen LogP contribution is -2.10. The fourth-order valence-electron chi connectivity index (χ4n) is 3.15. The minimum Gasteiger partial charge on any atom is -0.489 e. The minimum absolute atomic E-state index is 0.322. The van der Waals surface area contributed by atoms with E-state index in [1.54, 1.807) is 19.3 Å². The van der Waals surface area contributed by atoms with Crippen LogP contribution in [0.1, 0.15) is 23.0 Å². The van der Waals surface area contributed by atoms with E-state index >= 15 is 0 Å². The highest BCUT2D eigenvalue weighted by atomic mass is 16.5. The summed E-state index contributed by atoms with van der Waals surface area (Å²) >= 11 is 0. The number of carbonyl (C=O) groups excluding carboxylic acids is 1. The first kappa shape index (κ1) is 17.8. The second-order valence-electron chi connectivity index (χ2n) is 6.29. The van der Waals surface area contributed by atoms with Gasteiger partial charge in [-0.2, -0.15) is 0 Å². The van der Waals surface area contributed by atoms with Crippen molar-refractivity contribution in [3.05, 3.63) is 90.4 Å². The van der Waals surface area contributed by atoms with E-state index in [-0.39, 0.29) is 5.97 Å². The monoisotopic (exact) mass is 372 g/mol. The van der Waals surface area contributed by atoms with Crippen LogP contribution in [0.5, 0.6) is 5.75 Å². The van der Waals surface area contributed by atoms with E-state index in [0.29, 0.717) is 18.9 Å². The van der Waals surface area contributed by atoms with Crippen LogP contribution in [0.4, 0.5) is 0 Å². The Labute approximate surface area is 163 Å². The maximum absolute atomic E-state index is 12.5. The van der Waals surface area contributed by atoms with Gasteiger partial charge in [-0.15, -0.1) is 0 Å². The molecule has 0 saturated carbocycles. The average molecular weight is 372 g/mol. The van der Waals surface area contributed by atoms with Crippen LogP contribution in [-0.2, 0) is 11.3 Å². The number of pyridine rings is 1. The molecule has 0 amide bonds. The molecule has 0 bridgehead atoms. The summed E-state index contributed by atoms with van der Waals surface area (Å²) in [6.45, 7) is 2.61. The van der Waals surface area contributed by atoms with E-state index in [9.17, 15) is 4.79 Å². The molecule has 0 spiro atoms. The van der Waals surface area contributed by atoms with Crippen molar-refractivity contribution in [2.75, 3.05) is 6.61 Å². The predicted molar refractivity (Wildman–Crippen MR) is 108 cm³/mol. The van der Waals surface area contributed by atoms with E-state index in [1.165, 1.54) is 0 Å². The number of benzene rings is 2. The van der Waals surface area contributed by atoms with Crippen molar-refractivity contribution in [3.8, 4) is 11.4 Å². The lowest BCUT2D eigenvalue weighted by atomic mass is 10.2. The fraction of sp³-hybridized carbons (Fsp3) is 0.130. The van der Waals surface area contributed by atoms with Gasteiger partial charge >= 0.3 is 5.97 Å². The molecule has 4 rings (SSSR count). The third-order valence-corrected chi connectivity index (χ3v) is 4.43. The summed E-state index contributed by atoms with van der Waals surface area (Å²) in [6.07, 6.45) is 3.40. The summed E-state index contributed by atoms with van der Waals surface area (Å²) in [5, 5.41) is 0.908. The fourth-order valence-corrected chi connectivity index (χ4v) is 3.15. The Kier molecular flexibility index (Phi) is 5.06. The molecule has 5 heteroatoms. The van der Waals surface area contributed by atoms with Gasteiger partial charge in [0.25, 0.3) is 0 Å². The van der Waals surface area contributed by atoms with E-state index in [1.807, 2.05) is 71.3 Å². The Bertz CT molecular complexity index is 1090. The highest BCUT2D eigenvalue weighted by Gasteiger charge is 2.18. The Morgan fingerprint density at radius 3 is 2.54 bits per heavy atom. The summed E-state index contributed by atoms with van der Waals surface area (Å²) < 4.78 is 13.1. The van der Waals surface area contributed by atoms with Crippen molar-refractivity contribution < 1.29 is 14.3 Å². The topological polar surface area (TPSA) is 53.4 Å². The van der Waals surface area contributed by atoms with E-state index in [2.05, 4.69) is 4.98 Å². The Morgan fingerprint density at radius 1 is 1.00 bits per heavy atom. The van der Waals surface area contributed by atoms with Crippen LogP contribution in [0, 0.1) is 0 Å². The highest BCUT2D eigenvalue weighted by Crippen LogP contribution is 2.28. The van der Waals surface area contributed by atoms with E-state index in [4.69, 9.17) is 9.47 Å². The van der Waals surface area contributed by atoms with Gasteiger partial charge in [0.15, 0.2) is 0 Å². The van der Waals surface area contributed by atoms with Crippen molar-refractivity contribution >= 4 is 16.9 Å². The number of esters is 1. The number of fused-ring (bicyclic) bond motifs is 1. The summed E-state index contributed by atoms with van der Waals surface area (Å²) in [5.41, 5.74) is 3.33. The van der Waals surface area contributed by atoms with Crippen molar-refractivity contribution in [3.63, 3.8) is 0 Å². The number of carbonyl (C=O) groups is 1. The second-order valence-corrected chi connectivity index (χ2v) is 6.29. The van der Waals surface area contributed by atoms with Crippen LogP contribution in [0.15, 0.2) is 79.1 Å². The first-order chi connectivity index (χ1) is 13.8. The lowest BCUT2D eigenvalue weighted by molar-refractivity contribution is 0.0517. The average Bonchev–Trinajstić information content (AvgIpc) is 3.13. The van der Waals surface area contributed by atoms with Gasteiger partial charge in [0.05, 0.1) is 12.1 Å². The Morgan fingerprint density at radius 2 is 1.79 bits per heavy atom. The SMILES string of the molecule is CCOC(=O)c1cc2cc(OCc3ccccc3)ccc2n1-c1ccncc1. The molecule has 0 saturated heterocycles. The second kappa shape index (κ2) is 7.96. The molecule has 2 heterocycles. The lowest BCUT2D eigenvalue weighted by Gasteiger charge is -2.10. The van der Waals surface area contributed by atoms with Gasteiger partial charge in [-0.05, 0) is 48.9 Å². The number of nitrogens with zero attached hydrogens (tertiary/aromatic N) is 2. The molecule has 0 unspecified atom stereocenters. The number of hydrogen-bond acceptors (Lipinski definition) is 4. The molecule has 0 aliphatic heterocycles. The standard InChI is InChI=1S/C23H20N2O3/c1-2-27-23(26)22-15-18-14-20(28-16-17-6-4-3-5-7-17)8-9-21(18)25(22)19-10-12-24-13-11-19/h3-15H,2,16H2,1H3. The van der Waals surface area contributed by atoms with Crippen molar-refractivity contribution in [1.29, 1.82) is 0 Å². The molecule has 0 atom stereocenters. The summed E-state index contributed by atoms with van der Waals surface area (Å²) in [6, 6.07) is 21.4. The zero-order chi connectivity index (χ0) is 19.3. The molecular formula is C23H20N2O3. The van der Waals surface area contributed by atoms with Gasteiger partial charge < -0.3 is 14.0 Å². The largest absolute Gasteiger partial charge is 0.489 e. The van der Waals surface area contributed by atoms with Gasteiger partial charge in [0, 0.05) is 23.5 Å². The predicted octanol–water partition coefficient (Wildman–Crippen LogP) is 4.78. The zero-order valence-corrected chi connectivity index (χ0v) is 15.5. The molecule has 2 aromatic heterocycles. The van der Waals surface area contributed by atoms with Gasteiger partial charge in [-0.1, -0.05) is 30.3 Å². The molecule has 4 aromatic rings. The Hall–Kier alpha value is -3.60. The minimum atomic E-state index is -0.359. The molecule has 0 aliphatic rings. The van der Waals surface area contributed by atoms with Crippen LogP contribution in [0.3, 0.4) is 0 Å². The molecule has 0 radical (unpaired) electrons. The Balaban J connectivity index is 1.72. The molecule has 0 N–H and O–H groups in total. The molecule has 140 valence electrons. The number of aromatic nitrogens is 2. The van der Waals surface area contributed by atoms with Gasteiger partial charge in [0.1, 0.15) is 18.1 Å². The number of hydrogen-bond donors (Lipinski definition) is 0. The molecule has 2 aromatic carbocycles. The number of ether oxygens (including phenoxy) is 2. The molecule has 0 fully saturated rings. The van der Waals surface area contributed by atoms with Crippen LogP contribution < -0.4 is 4.74 Å². The quantitative estimate of drug-likeness (QED) is 0.457. The van der Waals surface area contributed by atoms with Gasteiger partial charge in [-0.25, -0.2) is 4.79 Å². The molecule has 28 heavy (non-hydrogen) atoms. The molecule has 0 aliphatic carbocycles. The summed E-state index contributed by atoms with van der Waals surface area (Å²) in [7, 11) is 0. The summed E-state index contributed by atoms with van der Waals surface area (Å²) in [4.78, 5) is 16.6. The third-order valence-electron chi connectivity index (χ3n) is 4.43. The molecule has 5 nitrogen and oxygen atoms in total. The summed E-state index contributed by atoms with van der Waals surface area (Å²) in [5.74, 6) is 0.390. The van der Waals surface area contributed by atoms with Crippen LogP contribution in [-0.4, -0.2) is 22.1 Å². The number of rotatable bonds is 6. The van der Waals surface area contributed by atoms with Crippen molar-refractivity contribution in [2.24, 2.45) is 0 Å². The van der Waals surface area contributed by atoms with Crippen LogP contribution >= 0.6 is 0 Å². The van der Waals surface area contributed by atoms with Crippen molar-refractivity contribution in [1.82, 2.24) is 9.55 Å². The first-order valence-electron chi connectivity index (χ1n) is 9.16. The van der Waals surface area contributed by atoms with Gasteiger partial charge in [0.2, 0.25) is 0 Å². The zero-order valence-electron chi connectivity index (χ0n) is 15.5. The van der Waals surface area contributed by atoms with Gasteiger partial charge in [-0.3, -0.25) is 4.98 Å². The normalized spacial score (nSPS) is 10.8. The highest BCUT2D eigenvalue weighted by molar-refractivity contribution is 5.97. The van der Waals surface area contributed by atoms with E-state index in [0.717, 1.165) is 27.9 Å².